The minimum Gasteiger partial charge on any atom is -0.467 e. The second-order valence-electron chi connectivity index (χ2n) is 6.99. The van der Waals surface area contributed by atoms with E-state index in [9.17, 15) is 13.2 Å². The molecule has 0 N–H and O–H groups in total. The lowest BCUT2D eigenvalue weighted by atomic mass is 10.1. The highest BCUT2D eigenvalue weighted by molar-refractivity contribution is 7.91. The molecule has 8 heteroatoms. The number of likely N-dealkylation sites (tertiary alicyclic amines) is 1. The van der Waals surface area contributed by atoms with Gasteiger partial charge in [-0.3, -0.25) is 4.79 Å². The number of amides is 1. The molecule has 0 atom stereocenters. The third kappa shape index (κ3) is 4.28. The van der Waals surface area contributed by atoms with Crippen molar-refractivity contribution in [2.24, 2.45) is 0 Å². The van der Waals surface area contributed by atoms with Gasteiger partial charge in [0.1, 0.15) is 6.10 Å². The summed E-state index contributed by atoms with van der Waals surface area (Å²) in [4.78, 5) is 19.3. The number of hydrogen-bond acceptors (Lipinski definition) is 6. The largest absolute Gasteiger partial charge is 0.467 e. The Kier molecular flexibility index (Phi) is 5.56. The van der Waals surface area contributed by atoms with E-state index in [4.69, 9.17) is 4.74 Å². The number of hydrogen-bond donors (Lipinski definition) is 0. The molecule has 0 aliphatic carbocycles. The van der Waals surface area contributed by atoms with Gasteiger partial charge in [0.05, 0.1) is 20.9 Å². The third-order valence-corrected chi connectivity index (χ3v) is 7.75. The first-order chi connectivity index (χ1) is 14.0. The Morgan fingerprint density at radius 3 is 2.66 bits per heavy atom. The van der Waals surface area contributed by atoms with Crippen LogP contribution in [-0.2, 0) is 9.84 Å². The molecule has 3 aromatic rings. The van der Waals surface area contributed by atoms with E-state index in [1.165, 1.54) is 23.5 Å². The molecule has 0 unspecified atom stereocenters. The summed E-state index contributed by atoms with van der Waals surface area (Å²) < 4.78 is 31.3. The first-order valence-corrected chi connectivity index (χ1v) is 12.1. The van der Waals surface area contributed by atoms with Gasteiger partial charge < -0.3 is 9.64 Å². The Morgan fingerprint density at radius 2 is 1.93 bits per heavy atom. The van der Waals surface area contributed by atoms with E-state index < -0.39 is 9.84 Å². The highest BCUT2D eigenvalue weighted by Crippen LogP contribution is 2.29. The van der Waals surface area contributed by atoms with E-state index >= 15 is 0 Å². The predicted molar refractivity (Wildman–Crippen MR) is 113 cm³/mol. The van der Waals surface area contributed by atoms with Crippen molar-refractivity contribution in [2.45, 2.75) is 30.8 Å². The third-order valence-electron chi connectivity index (χ3n) is 5.09. The quantitative estimate of drug-likeness (QED) is 0.616. The Hall–Kier alpha value is -2.45. The molecule has 1 aliphatic heterocycles. The zero-order valence-electron chi connectivity index (χ0n) is 16.1. The fourth-order valence-electron chi connectivity index (χ4n) is 3.39. The minimum atomic E-state index is -3.34. The molecule has 1 saturated heterocycles. The van der Waals surface area contributed by atoms with Gasteiger partial charge in [0.25, 0.3) is 11.1 Å². The number of rotatable bonds is 5. The fraction of sp³-hybridized carbons (Fsp3) is 0.333. The lowest BCUT2D eigenvalue weighted by Gasteiger charge is -2.31. The van der Waals surface area contributed by atoms with Gasteiger partial charge in [-0.15, -0.1) is 0 Å². The van der Waals surface area contributed by atoms with Crippen LogP contribution in [0.2, 0.25) is 0 Å². The molecule has 0 radical (unpaired) electrons. The van der Waals surface area contributed by atoms with Crippen molar-refractivity contribution in [3.63, 3.8) is 0 Å². The monoisotopic (exact) mass is 430 g/mol. The van der Waals surface area contributed by atoms with Crippen LogP contribution in [0.15, 0.2) is 53.4 Å². The van der Waals surface area contributed by atoms with Crippen molar-refractivity contribution in [3.8, 4) is 5.19 Å². The highest BCUT2D eigenvalue weighted by Gasteiger charge is 2.26. The number of benzene rings is 2. The van der Waals surface area contributed by atoms with E-state index in [-0.39, 0.29) is 22.7 Å². The average Bonchev–Trinajstić information content (AvgIpc) is 3.16. The molecular weight excluding hydrogens is 408 g/mol. The van der Waals surface area contributed by atoms with Crippen LogP contribution in [0.1, 0.15) is 30.1 Å². The van der Waals surface area contributed by atoms with Gasteiger partial charge in [0.15, 0.2) is 9.84 Å². The van der Waals surface area contributed by atoms with Crippen molar-refractivity contribution in [1.82, 2.24) is 9.88 Å². The summed E-state index contributed by atoms with van der Waals surface area (Å²) in [6.07, 6.45) is 1.45. The molecule has 2 aromatic carbocycles. The molecular formula is C21H22N2O4S2. The predicted octanol–water partition coefficient (Wildman–Crippen LogP) is 3.77. The van der Waals surface area contributed by atoms with Gasteiger partial charge >= 0.3 is 0 Å². The van der Waals surface area contributed by atoms with E-state index in [0.717, 1.165) is 10.2 Å². The molecule has 1 aliphatic rings. The first kappa shape index (κ1) is 19.8. The van der Waals surface area contributed by atoms with Gasteiger partial charge in [0, 0.05) is 31.5 Å². The SMILES string of the molecule is CCS(=O)(=O)c1cccc(C(=O)N2CCC(Oc3nc4ccccc4s3)CC2)c1. The highest BCUT2D eigenvalue weighted by atomic mass is 32.2. The van der Waals surface area contributed by atoms with E-state index in [0.29, 0.717) is 36.7 Å². The first-order valence-electron chi connectivity index (χ1n) is 9.60. The van der Waals surface area contributed by atoms with Crippen molar-refractivity contribution in [2.75, 3.05) is 18.8 Å². The van der Waals surface area contributed by atoms with Crippen LogP contribution in [-0.4, -0.2) is 49.2 Å². The summed E-state index contributed by atoms with van der Waals surface area (Å²) in [5, 5.41) is 0.661. The van der Waals surface area contributed by atoms with Gasteiger partial charge in [0.2, 0.25) is 0 Å². The Balaban J connectivity index is 1.39. The number of fused-ring (bicyclic) bond motifs is 1. The number of carbonyl (C=O) groups excluding carboxylic acids is 1. The van der Waals surface area contributed by atoms with Crippen LogP contribution >= 0.6 is 11.3 Å². The number of thiazole rings is 1. The number of aromatic nitrogens is 1. The second-order valence-corrected chi connectivity index (χ2v) is 10.3. The Bertz CT molecular complexity index is 1100. The summed E-state index contributed by atoms with van der Waals surface area (Å²) in [6, 6.07) is 14.2. The maximum Gasteiger partial charge on any atom is 0.274 e. The molecule has 29 heavy (non-hydrogen) atoms. The van der Waals surface area contributed by atoms with Crippen molar-refractivity contribution < 1.29 is 17.9 Å². The van der Waals surface area contributed by atoms with Crippen LogP contribution in [0.25, 0.3) is 10.2 Å². The maximum atomic E-state index is 12.8. The summed E-state index contributed by atoms with van der Waals surface area (Å²) in [5.41, 5.74) is 1.34. The molecule has 0 spiro atoms. The lowest BCUT2D eigenvalue weighted by molar-refractivity contribution is 0.0595. The normalized spacial score (nSPS) is 15.6. The number of sulfone groups is 1. The molecule has 1 fully saturated rings. The number of piperidine rings is 1. The van der Waals surface area contributed by atoms with Crippen LogP contribution in [0.5, 0.6) is 5.19 Å². The van der Waals surface area contributed by atoms with Gasteiger partial charge in [-0.1, -0.05) is 36.5 Å². The minimum absolute atomic E-state index is 0.0130. The van der Waals surface area contributed by atoms with E-state index in [2.05, 4.69) is 4.98 Å². The number of ether oxygens (including phenoxy) is 1. The van der Waals surface area contributed by atoms with Gasteiger partial charge in [-0.2, -0.15) is 0 Å². The molecule has 6 nitrogen and oxygen atoms in total. The zero-order chi connectivity index (χ0) is 20.4. The van der Waals surface area contributed by atoms with Crippen molar-refractivity contribution >= 4 is 37.3 Å². The van der Waals surface area contributed by atoms with E-state index in [1.54, 1.807) is 24.0 Å². The number of carbonyl (C=O) groups is 1. The van der Waals surface area contributed by atoms with Crippen LogP contribution in [0.3, 0.4) is 0 Å². The molecule has 1 aromatic heterocycles. The molecule has 2 heterocycles. The Labute approximate surface area is 174 Å². The molecule has 152 valence electrons. The van der Waals surface area contributed by atoms with Crippen LogP contribution in [0.4, 0.5) is 0 Å². The summed E-state index contributed by atoms with van der Waals surface area (Å²) in [5.74, 6) is -0.129. The topological polar surface area (TPSA) is 76.6 Å². The van der Waals surface area contributed by atoms with Crippen molar-refractivity contribution in [1.29, 1.82) is 0 Å². The zero-order valence-corrected chi connectivity index (χ0v) is 17.7. The molecule has 0 bridgehead atoms. The van der Waals surface area contributed by atoms with Gasteiger partial charge in [-0.05, 0) is 30.3 Å². The van der Waals surface area contributed by atoms with Crippen LogP contribution < -0.4 is 4.74 Å². The maximum absolute atomic E-state index is 12.8. The van der Waals surface area contributed by atoms with E-state index in [1.807, 2.05) is 24.3 Å². The number of para-hydroxylation sites is 1. The standard InChI is InChI=1S/C21H22N2O4S2/c1-2-29(25,26)17-7-5-6-15(14-17)20(24)23-12-10-16(11-13-23)27-21-22-18-8-3-4-9-19(18)28-21/h3-9,14,16H,2,10-13H2,1H3. The molecule has 1 amide bonds. The summed E-state index contributed by atoms with van der Waals surface area (Å²) in [6.45, 7) is 2.73. The summed E-state index contributed by atoms with van der Waals surface area (Å²) in [7, 11) is -3.34. The second kappa shape index (κ2) is 8.12. The lowest BCUT2D eigenvalue weighted by Crippen LogP contribution is -2.41. The average molecular weight is 431 g/mol. The Morgan fingerprint density at radius 1 is 1.17 bits per heavy atom. The molecule has 0 saturated carbocycles. The summed E-state index contributed by atoms with van der Waals surface area (Å²) >= 11 is 1.53. The van der Waals surface area contributed by atoms with Gasteiger partial charge in [-0.25, -0.2) is 13.4 Å². The fourth-order valence-corrected chi connectivity index (χ4v) is 5.20. The van der Waals surface area contributed by atoms with Crippen molar-refractivity contribution in [3.05, 3.63) is 54.1 Å². The smallest absolute Gasteiger partial charge is 0.274 e. The number of nitrogens with zero attached hydrogens (tertiary/aromatic N) is 2. The van der Waals surface area contributed by atoms with Crippen LogP contribution in [0, 0.1) is 0 Å². The molecule has 4 rings (SSSR count).